The van der Waals surface area contributed by atoms with Crippen LogP contribution in [0, 0.1) is 0 Å². The summed E-state index contributed by atoms with van der Waals surface area (Å²) in [4.78, 5) is 6.36. The van der Waals surface area contributed by atoms with E-state index >= 15 is 0 Å². The summed E-state index contributed by atoms with van der Waals surface area (Å²) in [7, 11) is 1.72. The number of halogens is 1. The van der Waals surface area contributed by atoms with Crippen molar-refractivity contribution in [2.24, 2.45) is 0 Å². The zero-order valence-corrected chi connectivity index (χ0v) is 10.1. The third-order valence-corrected chi connectivity index (χ3v) is 2.44. The topological polar surface area (TPSA) is 25.4 Å². The molecule has 14 heavy (non-hydrogen) atoms. The van der Waals surface area contributed by atoms with E-state index < -0.39 is 0 Å². The number of pyridine rings is 1. The molecule has 1 heterocycles. The van der Waals surface area contributed by atoms with Crippen molar-refractivity contribution in [2.45, 2.75) is 6.92 Å². The molecule has 78 valence electrons. The van der Waals surface area contributed by atoms with E-state index in [1.807, 2.05) is 6.20 Å². The molecule has 1 rings (SSSR count). The van der Waals surface area contributed by atoms with Crippen molar-refractivity contribution in [2.75, 3.05) is 31.7 Å². The molecule has 0 aromatic carbocycles. The third-order valence-electron chi connectivity index (χ3n) is 2.00. The van der Waals surface area contributed by atoms with Crippen molar-refractivity contribution in [1.82, 2.24) is 4.98 Å². The number of hydrogen-bond acceptors (Lipinski definition) is 3. The van der Waals surface area contributed by atoms with Crippen LogP contribution in [0.1, 0.15) is 6.92 Å². The van der Waals surface area contributed by atoms with E-state index in [1.165, 1.54) is 0 Å². The molecule has 4 heteroatoms. The summed E-state index contributed by atoms with van der Waals surface area (Å²) in [6.45, 7) is 4.71. The normalized spacial score (nSPS) is 10.2. The van der Waals surface area contributed by atoms with Gasteiger partial charge in [0, 0.05) is 30.9 Å². The van der Waals surface area contributed by atoms with Crippen LogP contribution in [-0.4, -0.2) is 31.8 Å². The molecule has 0 aliphatic heterocycles. The lowest BCUT2D eigenvalue weighted by molar-refractivity contribution is 0.205. The van der Waals surface area contributed by atoms with Gasteiger partial charge < -0.3 is 9.64 Å². The average molecular weight is 259 g/mol. The summed E-state index contributed by atoms with van der Waals surface area (Å²) in [5.74, 6) is 0. The molecular formula is C10H15BrN2O. The number of likely N-dealkylation sites (N-methyl/N-ethyl adjacent to an activating group) is 1. The highest BCUT2D eigenvalue weighted by molar-refractivity contribution is 9.10. The largest absolute Gasteiger partial charge is 0.383 e. The second-order valence-corrected chi connectivity index (χ2v) is 3.85. The number of methoxy groups -OCH3 is 1. The molecule has 3 nitrogen and oxygen atoms in total. The molecule has 0 saturated carbocycles. The highest BCUT2D eigenvalue weighted by atomic mass is 79.9. The number of rotatable bonds is 5. The maximum Gasteiger partial charge on any atom is 0.0637 e. The van der Waals surface area contributed by atoms with Crippen LogP contribution in [0.3, 0.4) is 0 Å². The Bertz CT molecular complexity index is 281. The maximum absolute atomic E-state index is 5.05. The molecule has 0 spiro atoms. The van der Waals surface area contributed by atoms with Crippen molar-refractivity contribution in [1.29, 1.82) is 0 Å². The third kappa shape index (κ3) is 3.27. The second kappa shape index (κ2) is 5.98. The van der Waals surface area contributed by atoms with Crippen molar-refractivity contribution >= 4 is 21.6 Å². The fourth-order valence-electron chi connectivity index (χ4n) is 1.24. The summed E-state index contributed by atoms with van der Waals surface area (Å²) >= 11 is 3.41. The Kier molecular flexibility index (Phi) is 4.90. The molecule has 0 saturated heterocycles. The number of ether oxygens (including phenoxy) is 1. The van der Waals surface area contributed by atoms with Gasteiger partial charge >= 0.3 is 0 Å². The van der Waals surface area contributed by atoms with Crippen LogP contribution in [0.5, 0.6) is 0 Å². The maximum atomic E-state index is 5.05. The summed E-state index contributed by atoms with van der Waals surface area (Å²) in [6, 6.07) is 2.06. The summed E-state index contributed by atoms with van der Waals surface area (Å²) in [5.41, 5.74) is 1.12. The highest BCUT2D eigenvalue weighted by Gasteiger charge is 2.03. The van der Waals surface area contributed by atoms with E-state index in [2.05, 4.69) is 38.8 Å². The molecule has 0 fully saturated rings. The number of anilines is 1. The Morgan fingerprint density at radius 2 is 2.29 bits per heavy atom. The summed E-state index contributed by atoms with van der Waals surface area (Å²) < 4.78 is 6.06. The molecular weight excluding hydrogens is 244 g/mol. The van der Waals surface area contributed by atoms with Crippen LogP contribution in [0.15, 0.2) is 22.9 Å². The first kappa shape index (κ1) is 11.5. The summed E-state index contributed by atoms with van der Waals surface area (Å²) in [5, 5.41) is 0. The molecule has 0 radical (unpaired) electrons. The molecule has 0 unspecified atom stereocenters. The second-order valence-electron chi connectivity index (χ2n) is 2.93. The summed E-state index contributed by atoms with van der Waals surface area (Å²) in [6.07, 6.45) is 3.65. The first-order valence-electron chi connectivity index (χ1n) is 4.62. The standard InChI is InChI=1S/C10H15BrN2O/c1-3-13(4-5-14-2)10-6-9(11)7-12-8-10/h6-8H,3-5H2,1-2H3. The van der Waals surface area contributed by atoms with Crippen LogP contribution in [0.25, 0.3) is 0 Å². The fourth-order valence-corrected chi connectivity index (χ4v) is 1.60. The van der Waals surface area contributed by atoms with Gasteiger partial charge in [0.2, 0.25) is 0 Å². The molecule has 0 bridgehead atoms. The van der Waals surface area contributed by atoms with E-state index in [0.29, 0.717) is 0 Å². The van der Waals surface area contributed by atoms with E-state index in [-0.39, 0.29) is 0 Å². The smallest absolute Gasteiger partial charge is 0.0637 e. The van der Waals surface area contributed by atoms with Gasteiger partial charge in [-0.2, -0.15) is 0 Å². The molecule has 1 aromatic rings. The number of aromatic nitrogens is 1. The van der Waals surface area contributed by atoms with E-state index in [0.717, 1.165) is 29.9 Å². The predicted molar refractivity (Wildman–Crippen MR) is 61.7 cm³/mol. The SMILES string of the molecule is CCN(CCOC)c1cncc(Br)c1. The van der Waals surface area contributed by atoms with E-state index in [9.17, 15) is 0 Å². The van der Waals surface area contributed by atoms with Crippen LogP contribution in [-0.2, 0) is 4.74 Å². The number of hydrogen-bond donors (Lipinski definition) is 0. The van der Waals surface area contributed by atoms with Crippen molar-refractivity contribution in [3.05, 3.63) is 22.9 Å². The highest BCUT2D eigenvalue weighted by Crippen LogP contribution is 2.17. The minimum Gasteiger partial charge on any atom is -0.383 e. The quantitative estimate of drug-likeness (QED) is 0.811. The van der Waals surface area contributed by atoms with Crippen LogP contribution in [0.4, 0.5) is 5.69 Å². The molecule has 0 aliphatic rings. The Hall–Kier alpha value is -0.610. The predicted octanol–water partition coefficient (Wildman–Crippen LogP) is 2.32. The lowest BCUT2D eigenvalue weighted by atomic mass is 10.3. The lowest BCUT2D eigenvalue weighted by Crippen LogP contribution is -2.26. The van der Waals surface area contributed by atoms with Gasteiger partial charge in [-0.25, -0.2) is 0 Å². The molecule has 0 amide bonds. The molecule has 0 atom stereocenters. The zero-order chi connectivity index (χ0) is 10.4. The first-order chi connectivity index (χ1) is 6.77. The van der Waals surface area contributed by atoms with Crippen molar-refractivity contribution in [3.63, 3.8) is 0 Å². The van der Waals surface area contributed by atoms with Gasteiger partial charge in [0.05, 0.1) is 18.5 Å². The Morgan fingerprint density at radius 3 is 2.86 bits per heavy atom. The first-order valence-corrected chi connectivity index (χ1v) is 5.41. The zero-order valence-electron chi connectivity index (χ0n) is 8.53. The minimum atomic E-state index is 0.736. The fraction of sp³-hybridized carbons (Fsp3) is 0.500. The van der Waals surface area contributed by atoms with Gasteiger partial charge in [0.15, 0.2) is 0 Å². The minimum absolute atomic E-state index is 0.736. The average Bonchev–Trinajstić information content (AvgIpc) is 2.19. The van der Waals surface area contributed by atoms with Gasteiger partial charge in [0.25, 0.3) is 0 Å². The van der Waals surface area contributed by atoms with E-state index in [4.69, 9.17) is 4.74 Å². The van der Waals surface area contributed by atoms with Crippen LogP contribution < -0.4 is 4.90 Å². The van der Waals surface area contributed by atoms with Crippen LogP contribution in [0.2, 0.25) is 0 Å². The Morgan fingerprint density at radius 1 is 1.50 bits per heavy atom. The number of nitrogens with zero attached hydrogens (tertiary/aromatic N) is 2. The monoisotopic (exact) mass is 258 g/mol. The molecule has 1 aromatic heterocycles. The van der Waals surface area contributed by atoms with Gasteiger partial charge in [0.1, 0.15) is 0 Å². The van der Waals surface area contributed by atoms with Gasteiger partial charge in [-0.3, -0.25) is 4.98 Å². The van der Waals surface area contributed by atoms with Gasteiger partial charge in [-0.05, 0) is 28.9 Å². The van der Waals surface area contributed by atoms with Crippen molar-refractivity contribution in [3.8, 4) is 0 Å². The van der Waals surface area contributed by atoms with Crippen molar-refractivity contribution < 1.29 is 4.74 Å². The van der Waals surface area contributed by atoms with Crippen LogP contribution >= 0.6 is 15.9 Å². The Labute approximate surface area is 93.2 Å². The Balaban J connectivity index is 2.68. The lowest BCUT2D eigenvalue weighted by Gasteiger charge is -2.22. The molecule has 0 aliphatic carbocycles. The van der Waals surface area contributed by atoms with Gasteiger partial charge in [-0.1, -0.05) is 0 Å². The van der Waals surface area contributed by atoms with Gasteiger partial charge in [-0.15, -0.1) is 0 Å². The van der Waals surface area contributed by atoms with E-state index in [1.54, 1.807) is 13.3 Å². The molecule has 0 N–H and O–H groups in total.